The van der Waals surface area contributed by atoms with E-state index in [2.05, 4.69) is 0 Å². The van der Waals surface area contributed by atoms with E-state index in [4.69, 9.17) is 15.2 Å². The first-order valence-corrected chi connectivity index (χ1v) is 8.81. The lowest BCUT2D eigenvalue weighted by Crippen LogP contribution is -2.35. The lowest BCUT2D eigenvalue weighted by atomic mass is 10.0. The minimum atomic E-state index is -0.327. The van der Waals surface area contributed by atoms with Crippen LogP contribution >= 0.6 is 12.4 Å². The molecule has 1 saturated carbocycles. The molecule has 1 heterocycles. The minimum absolute atomic E-state index is 0. The summed E-state index contributed by atoms with van der Waals surface area (Å²) in [5, 5.41) is 0. The first kappa shape index (κ1) is 19.5. The van der Waals surface area contributed by atoms with Crippen LogP contribution in [0.5, 0.6) is 11.5 Å². The molecule has 2 aromatic carbocycles. The van der Waals surface area contributed by atoms with Crippen LogP contribution in [0.25, 0.3) is 0 Å². The highest BCUT2D eigenvalue weighted by Crippen LogP contribution is 2.34. The Morgan fingerprint density at radius 1 is 1.11 bits per heavy atom. The maximum Gasteiger partial charge on any atom is 0.231 e. The van der Waals surface area contributed by atoms with Gasteiger partial charge in [-0.25, -0.2) is 4.39 Å². The molecular weight excluding hydrogens is 371 g/mol. The zero-order valence-electron chi connectivity index (χ0n) is 14.8. The smallest absolute Gasteiger partial charge is 0.231 e. The molecule has 7 heteroatoms. The van der Waals surface area contributed by atoms with Gasteiger partial charge in [0, 0.05) is 17.6 Å². The Hall–Kier alpha value is -2.31. The predicted molar refractivity (Wildman–Crippen MR) is 103 cm³/mol. The molecule has 27 heavy (non-hydrogen) atoms. The van der Waals surface area contributed by atoms with E-state index in [0.717, 1.165) is 18.4 Å². The van der Waals surface area contributed by atoms with E-state index >= 15 is 0 Å². The highest BCUT2D eigenvalue weighted by molar-refractivity contribution is 5.95. The van der Waals surface area contributed by atoms with Crippen LogP contribution in [-0.2, 0) is 11.3 Å². The second kappa shape index (κ2) is 8.15. The Morgan fingerprint density at radius 3 is 2.56 bits per heavy atom. The van der Waals surface area contributed by atoms with E-state index < -0.39 is 0 Å². The van der Waals surface area contributed by atoms with E-state index in [1.807, 2.05) is 18.2 Å². The molecule has 0 spiro atoms. The number of hydrogen-bond donors (Lipinski definition) is 1. The van der Waals surface area contributed by atoms with Gasteiger partial charge in [-0.3, -0.25) is 4.79 Å². The van der Waals surface area contributed by atoms with Crippen molar-refractivity contribution in [1.82, 2.24) is 0 Å². The molecule has 2 aliphatic rings. The molecule has 2 N–H and O–H groups in total. The molecule has 1 aliphatic carbocycles. The summed E-state index contributed by atoms with van der Waals surface area (Å²) in [7, 11) is 0. The molecule has 5 nitrogen and oxygen atoms in total. The number of fused-ring (bicyclic) bond motifs is 1. The quantitative estimate of drug-likeness (QED) is 0.862. The third-order valence-corrected chi connectivity index (χ3v) is 5.00. The fourth-order valence-corrected chi connectivity index (χ4v) is 3.60. The Kier molecular flexibility index (Phi) is 5.87. The molecule has 0 aromatic heterocycles. The molecule has 4 rings (SSSR count). The number of rotatable bonds is 4. The number of carbonyl (C=O) groups excluding carboxylic acids is 1. The third kappa shape index (κ3) is 4.17. The van der Waals surface area contributed by atoms with Gasteiger partial charge in [0.2, 0.25) is 12.7 Å². The SMILES string of the molecule is Cl.NC1CCC(C(=O)N(Cc2ccc3c(c2)OCO3)c2ccc(F)cc2)C1. The lowest BCUT2D eigenvalue weighted by Gasteiger charge is -2.26. The predicted octanol–water partition coefficient (Wildman–Crippen LogP) is 3.64. The van der Waals surface area contributed by atoms with E-state index in [0.29, 0.717) is 30.2 Å². The standard InChI is InChI=1S/C20H21FN2O3.ClH/c21-15-3-6-17(7-4-15)23(20(24)14-2-5-16(22)10-14)11-13-1-8-18-19(9-13)26-12-25-18;/h1,3-4,6-9,14,16H,2,5,10-12,22H2;1H. The van der Waals surface area contributed by atoms with Crippen LogP contribution in [0.2, 0.25) is 0 Å². The van der Waals surface area contributed by atoms with Crippen molar-refractivity contribution in [3.63, 3.8) is 0 Å². The van der Waals surface area contributed by atoms with Crippen LogP contribution in [0.1, 0.15) is 24.8 Å². The van der Waals surface area contributed by atoms with Crippen molar-refractivity contribution >= 4 is 24.0 Å². The summed E-state index contributed by atoms with van der Waals surface area (Å²) in [6.45, 7) is 0.589. The van der Waals surface area contributed by atoms with Crippen molar-refractivity contribution < 1.29 is 18.7 Å². The van der Waals surface area contributed by atoms with Crippen molar-refractivity contribution in [2.45, 2.75) is 31.8 Å². The van der Waals surface area contributed by atoms with Crippen molar-refractivity contribution in [3.8, 4) is 11.5 Å². The largest absolute Gasteiger partial charge is 0.454 e. The molecular formula is C20H22ClFN2O3. The van der Waals surface area contributed by atoms with Gasteiger partial charge >= 0.3 is 0 Å². The summed E-state index contributed by atoms with van der Waals surface area (Å²) in [6, 6.07) is 11.7. The molecule has 2 unspecified atom stereocenters. The molecule has 2 aromatic rings. The van der Waals surface area contributed by atoms with Gasteiger partial charge in [-0.05, 0) is 61.2 Å². The zero-order chi connectivity index (χ0) is 18.1. The van der Waals surface area contributed by atoms with Gasteiger partial charge < -0.3 is 20.1 Å². The highest BCUT2D eigenvalue weighted by atomic mass is 35.5. The number of benzene rings is 2. The van der Waals surface area contributed by atoms with Crippen molar-refractivity contribution in [1.29, 1.82) is 0 Å². The summed E-state index contributed by atoms with van der Waals surface area (Å²) < 4.78 is 24.1. The molecule has 1 aliphatic heterocycles. The first-order chi connectivity index (χ1) is 12.6. The summed E-state index contributed by atoms with van der Waals surface area (Å²) in [5.41, 5.74) is 7.59. The highest BCUT2D eigenvalue weighted by Gasteiger charge is 2.32. The number of ether oxygens (including phenoxy) is 2. The van der Waals surface area contributed by atoms with E-state index in [1.54, 1.807) is 17.0 Å². The number of nitrogens with zero attached hydrogens (tertiary/aromatic N) is 1. The number of hydrogen-bond acceptors (Lipinski definition) is 4. The summed E-state index contributed by atoms with van der Waals surface area (Å²) in [4.78, 5) is 14.8. The van der Waals surface area contributed by atoms with E-state index in [9.17, 15) is 9.18 Å². The van der Waals surface area contributed by atoms with Crippen LogP contribution in [0.15, 0.2) is 42.5 Å². The molecule has 0 radical (unpaired) electrons. The zero-order valence-corrected chi connectivity index (χ0v) is 15.6. The molecule has 2 atom stereocenters. The Labute approximate surface area is 163 Å². The Balaban J connectivity index is 0.00000210. The Bertz CT molecular complexity index is 815. The molecule has 0 saturated heterocycles. The van der Waals surface area contributed by atoms with Crippen molar-refractivity contribution in [2.75, 3.05) is 11.7 Å². The molecule has 0 bridgehead atoms. The average Bonchev–Trinajstić information content (AvgIpc) is 3.28. The first-order valence-electron chi connectivity index (χ1n) is 8.81. The maximum atomic E-state index is 13.3. The van der Waals surface area contributed by atoms with Gasteiger partial charge in [0.25, 0.3) is 0 Å². The van der Waals surface area contributed by atoms with Crippen LogP contribution in [0.3, 0.4) is 0 Å². The number of nitrogens with two attached hydrogens (primary N) is 1. The monoisotopic (exact) mass is 392 g/mol. The number of carbonyl (C=O) groups is 1. The molecule has 144 valence electrons. The lowest BCUT2D eigenvalue weighted by molar-refractivity contribution is -0.122. The van der Waals surface area contributed by atoms with Crippen molar-refractivity contribution in [3.05, 3.63) is 53.8 Å². The second-order valence-electron chi connectivity index (χ2n) is 6.86. The number of anilines is 1. The van der Waals surface area contributed by atoms with Gasteiger partial charge in [0.15, 0.2) is 11.5 Å². The Morgan fingerprint density at radius 2 is 1.85 bits per heavy atom. The normalized spacial score (nSPS) is 20.2. The minimum Gasteiger partial charge on any atom is -0.454 e. The maximum absolute atomic E-state index is 13.3. The van der Waals surface area contributed by atoms with Gasteiger partial charge in [-0.15, -0.1) is 12.4 Å². The fraction of sp³-hybridized carbons (Fsp3) is 0.350. The van der Waals surface area contributed by atoms with Crippen LogP contribution < -0.4 is 20.1 Å². The molecule has 1 fully saturated rings. The van der Waals surface area contributed by atoms with Gasteiger partial charge in [0.05, 0.1) is 6.54 Å². The van der Waals surface area contributed by atoms with Crippen LogP contribution in [0.4, 0.5) is 10.1 Å². The van der Waals surface area contributed by atoms with Gasteiger partial charge in [0.1, 0.15) is 5.82 Å². The van der Waals surface area contributed by atoms with E-state index in [-0.39, 0.29) is 42.9 Å². The topological polar surface area (TPSA) is 64.8 Å². The van der Waals surface area contributed by atoms with Gasteiger partial charge in [-0.2, -0.15) is 0 Å². The summed E-state index contributed by atoms with van der Waals surface area (Å²) >= 11 is 0. The molecule has 1 amide bonds. The average molecular weight is 393 g/mol. The van der Waals surface area contributed by atoms with Crippen molar-refractivity contribution in [2.24, 2.45) is 11.7 Å². The van der Waals surface area contributed by atoms with Crippen LogP contribution in [0, 0.1) is 11.7 Å². The second-order valence-corrected chi connectivity index (χ2v) is 6.86. The van der Waals surface area contributed by atoms with E-state index in [1.165, 1.54) is 12.1 Å². The number of amides is 1. The third-order valence-electron chi connectivity index (χ3n) is 5.00. The van der Waals surface area contributed by atoms with Gasteiger partial charge in [-0.1, -0.05) is 6.07 Å². The summed E-state index contributed by atoms with van der Waals surface area (Å²) in [6.07, 6.45) is 2.34. The van der Waals surface area contributed by atoms with Crippen LogP contribution in [-0.4, -0.2) is 18.7 Å². The summed E-state index contributed by atoms with van der Waals surface area (Å²) in [5.74, 6) is 0.991. The fourth-order valence-electron chi connectivity index (χ4n) is 3.60. The number of halogens is 2.